The van der Waals surface area contributed by atoms with Crippen LogP contribution in [0.2, 0.25) is 0 Å². The van der Waals surface area contributed by atoms with Crippen LogP contribution in [-0.2, 0) is 20.9 Å². The van der Waals surface area contributed by atoms with Crippen molar-refractivity contribution in [3.63, 3.8) is 0 Å². The van der Waals surface area contributed by atoms with Crippen molar-refractivity contribution in [3.05, 3.63) is 65.7 Å². The normalized spacial score (nSPS) is 15.9. The van der Waals surface area contributed by atoms with Gasteiger partial charge in [0.15, 0.2) is 28.8 Å². The SMILES string of the molecule is COc1ccc(C(C(=O)NCC2CCCO2)N(C(=O)Cn2nnc3ccccc32)c2cc3c(cc2C(C)=O)OCO3)cc1OC. The van der Waals surface area contributed by atoms with Crippen LogP contribution >= 0.6 is 0 Å². The Hall–Kier alpha value is -5.17. The van der Waals surface area contributed by atoms with E-state index in [9.17, 15) is 14.4 Å². The molecule has 1 N–H and O–H groups in total. The number of benzene rings is 3. The number of Topliss-reactive ketones (excluding diaryl/α,β-unsaturated/α-hetero) is 1. The lowest BCUT2D eigenvalue weighted by Crippen LogP contribution is -2.47. The number of methoxy groups -OCH3 is 2. The van der Waals surface area contributed by atoms with E-state index in [4.69, 9.17) is 23.7 Å². The Balaban J connectivity index is 1.51. The predicted molar refractivity (Wildman–Crippen MR) is 162 cm³/mol. The summed E-state index contributed by atoms with van der Waals surface area (Å²) in [6.45, 7) is 1.93. The zero-order valence-electron chi connectivity index (χ0n) is 25.1. The van der Waals surface area contributed by atoms with Gasteiger partial charge in [-0.25, -0.2) is 4.68 Å². The second-order valence-electron chi connectivity index (χ2n) is 10.7. The number of aromatic nitrogens is 3. The lowest BCUT2D eigenvalue weighted by atomic mass is 9.99. The Kier molecular flexibility index (Phi) is 8.52. The van der Waals surface area contributed by atoms with Gasteiger partial charge in [0.2, 0.25) is 18.6 Å². The fourth-order valence-corrected chi connectivity index (χ4v) is 5.63. The minimum atomic E-state index is -1.26. The maximum Gasteiger partial charge on any atom is 0.249 e. The molecule has 13 nitrogen and oxygen atoms in total. The van der Waals surface area contributed by atoms with Crippen molar-refractivity contribution >= 4 is 34.3 Å². The fourth-order valence-electron chi connectivity index (χ4n) is 5.63. The molecule has 2 amide bonds. The number of rotatable bonds is 11. The van der Waals surface area contributed by atoms with Crippen LogP contribution in [0.4, 0.5) is 5.69 Å². The third-order valence-corrected chi connectivity index (χ3v) is 7.86. The summed E-state index contributed by atoms with van der Waals surface area (Å²) in [5.74, 6) is 0.158. The van der Waals surface area contributed by atoms with Gasteiger partial charge < -0.3 is 29.0 Å². The fraction of sp³-hybridized carbons (Fsp3) is 0.344. The van der Waals surface area contributed by atoms with Gasteiger partial charge in [0.25, 0.3) is 0 Å². The molecule has 0 saturated carbocycles. The predicted octanol–water partition coefficient (Wildman–Crippen LogP) is 3.45. The second-order valence-corrected chi connectivity index (χ2v) is 10.7. The molecule has 13 heteroatoms. The van der Waals surface area contributed by atoms with Crippen LogP contribution in [0.1, 0.15) is 41.7 Å². The Bertz CT molecular complexity index is 1750. The summed E-state index contributed by atoms with van der Waals surface area (Å²) >= 11 is 0. The number of fused-ring (bicyclic) bond motifs is 2. The molecule has 2 atom stereocenters. The lowest BCUT2D eigenvalue weighted by Gasteiger charge is -2.33. The standard InChI is InChI=1S/C32H33N5O8/c1-19(38)22-14-28-29(45-18-44-28)15-25(22)37(30(39)17-36-24-9-5-4-8-23(24)34-35-36)31(32(40)33-16-21-7-6-12-43-21)20-10-11-26(41-2)27(13-20)42-3/h4-5,8-11,13-15,21,31H,6-7,12,16-18H2,1-3H3,(H,33,40). The lowest BCUT2D eigenvalue weighted by molar-refractivity contribution is -0.127. The number of carbonyl (C=O) groups is 3. The first-order chi connectivity index (χ1) is 21.9. The number of ether oxygens (including phenoxy) is 5. The number of nitrogens with zero attached hydrogens (tertiary/aromatic N) is 4. The number of para-hydroxylation sites is 1. The average Bonchev–Trinajstić information content (AvgIpc) is 3.83. The smallest absolute Gasteiger partial charge is 0.249 e. The number of ketones is 1. The van der Waals surface area contributed by atoms with Gasteiger partial charge in [0.05, 0.1) is 31.5 Å². The summed E-state index contributed by atoms with van der Waals surface area (Å²) in [7, 11) is 2.99. The van der Waals surface area contributed by atoms with Crippen molar-refractivity contribution in [2.24, 2.45) is 0 Å². The zero-order valence-corrected chi connectivity index (χ0v) is 25.1. The average molecular weight is 616 g/mol. The minimum Gasteiger partial charge on any atom is -0.493 e. The Morgan fingerprint density at radius 3 is 2.56 bits per heavy atom. The van der Waals surface area contributed by atoms with Gasteiger partial charge in [0.1, 0.15) is 18.1 Å². The van der Waals surface area contributed by atoms with E-state index in [1.807, 2.05) is 12.1 Å². The van der Waals surface area contributed by atoms with Crippen LogP contribution in [-0.4, -0.2) is 72.9 Å². The second kappa shape index (κ2) is 12.8. The van der Waals surface area contributed by atoms with E-state index in [1.54, 1.807) is 36.4 Å². The highest BCUT2D eigenvalue weighted by Gasteiger charge is 2.37. The minimum absolute atomic E-state index is 0.0456. The molecule has 2 aliphatic heterocycles. The van der Waals surface area contributed by atoms with Crippen molar-refractivity contribution < 1.29 is 38.1 Å². The van der Waals surface area contributed by atoms with Crippen molar-refractivity contribution in [1.29, 1.82) is 0 Å². The van der Waals surface area contributed by atoms with E-state index >= 15 is 0 Å². The molecular weight excluding hydrogens is 582 g/mol. The third kappa shape index (κ3) is 5.98. The summed E-state index contributed by atoms with van der Waals surface area (Å²) in [6, 6.07) is 14.0. The number of amides is 2. The highest BCUT2D eigenvalue weighted by atomic mass is 16.7. The maximum absolute atomic E-state index is 14.6. The number of nitrogens with one attached hydrogen (secondary N) is 1. The molecule has 234 valence electrons. The maximum atomic E-state index is 14.6. The van der Waals surface area contributed by atoms with Crippen molar-refractivity contribution in [2.75, 3.05) is 39.1 Å². The van der Waals surface area contributed by atoms with Crippen LogP contribution < -0.4 is 29.2 Å². The van der Waals surface area contributed by atoms with Crippen molar-refractivity contribution in [2.45, 2.75) is 38.5 Å². The van der Waals surface area contributed by atoms with E-state index in [1.165, 1.54) is 36.8 Å². The molecule has 3 heterocycles. The van der Waals surface area contributed by atoms with Gasteiger partial charge in [-0.1, -0.05) is 23.4 Å². The molecule has 2 unspecified atom stereocenters. The largest absolute Gasteiger partial charge is 0.493 e. The number of hydrogen-bond acceptors (Lipinski definition) is 10. The molecule has 0 spiro atoms. The van der Waals surface area contributed by atoms with Crippen molar-refractivity contribution in [3.8, 4) is 23.0 Å². The van der Waals surface area contributed by atoms with Crippen LogP contribution in [0.3, 0.4) is 0 Å². The van der Waals surface area contributed by atoms with Crippen LogP contribution in [0.25, 0.3) is 11.0 Å². The first-order valence-corrected chi connectivity index (χ1v) is 14.5. The highest BCUT2D eigenvalue weighted by molar-refractivity contribution is 6.08. The van der Waals surface area contributed by atoms with Gasteiger partial charge in [-0.3, -0.25) is 19.3 Å². The van der Waals surface area contributed by atoms with Gasteiger partial charge in [-0.2, -0.15) is 0 Å². The van der Waals surface area contributed by atoms with E-state index < -0.39 is 17.9 Å². The summed E-state index contributed by atoms with van der Waals surface area (Å²) in [5.41, 5.74) is 2.01. The molecule has 1 fully saturated rings. The van der Waals surface area contributed by atoms with Crippen molar-refractivity contribution in [1.82, 2.24) is 20.3 Å². The number of carbonyl (C=O) groups excluding carboxylic acids is 3. The molecular formula is C32H33N5O8. The molecule has 45 heavy (non-hydrogen) atoms. The molecule has 0 radical (unpaired) electrons. The van der Waals surface area contributed by atoms with Crippen LogP contribution in [0, 0.1) is 0 Å². The molecule has 1 saturated heterocycles. The van der Waals surface area contributed by atoms with E-state index in [0.29, 0.717) is 46.2 Å². The van der Waals surface area contributed by atoms with E-state index in [-0.39, 0.29) is 43.0 Å². The van der Waals surface area contributed by atoms with Gasteiger partial charge >= 0.3 is 0 Å². The molecule has 4 aromatic rings. The van der Waals surface area contributed by atoms with E-state index in [0.717, 1.165) is 12.8 Å². The summed E-state index contributed by atoms with van der Waals surface area (Å²) in [6.07, 6.45) is 1.55. The van der Waals surface area contributed by atoms with Gasteiger partial charge in [-0.15, -0.1) is 5.10 Å². The molecule has 3 aromatic carbocycles. The molecule has 2 aliphatic rings. The molecule has 0 aliphatic carbocycles. The Labute approximate surface area is 258 Å². The van der Waals surface area contributed by atoms with E-state index in [2.05, 4.69) is 15.6 Å². The Morgan fingerprint density at radius 2 is 1.82 bits per heavy atom. The summed E-state index contributed by atoms with van der Waals surface area (Å²) in [4.78, 5) is 43.3. The number of anilines is 1. The van der Waals surface area contributed by atoms with Crippen LogP contribution in [0.15, 0.2) is 54.6 Å². The monoisotopic (exact) mass is 615 g/mol. The zero-order chi connectivity index (χ0) is 31.5. The van der Waals surface area contributed by atoms with Crippen LogP contribution in [0.5, 0.6) is 23.0 Å². The quantitative estimate of drug-likeness (QED) is 0.249. The highest BCUT2D eigenvalue weighted by Crippen LogP contribution is 2.42. The van der Waals surface area contributed by atoms with Gasteiger partial charge in [0, 0.05) is 24.8 Å². The summed E-state index contributed by atoms with van der Waals surface area (Å²) in [5, 5.41) is 11.4. The molecule has 6 rings (SSSR count). The molecule has 1 aromatic heterocycles. The first-order valence-electron chi connectivity index (χ1n) is 14.5. The van der Waals surface area contributed by atoms with Gasteiger partial charge in [-0.05, 0) is 55.7 Å². The topological polar surface area (TPSA) is 143 Å². The number of hydrogen-bond donors (Lipinski definition) is 1. The summed E-state index contributed by atoms with van der Waals surface area (Å²) < 4.78 is 29.4. The Morgan fingerprint density at radius 1 is 1.04 bits per heavy atom. The third-order valence-electron chi connectivity index (χ3n) is 7.86. The first kappa shape index (κ1) is 29.9. The molecule has 0 bridgehead atoms.